The number of amidine groups is 1. The van der Waals surface area contributed by atoms with Crippen LogP contribution in [-0.4, -0.2) is 36.7 Å². The lowest BCUT2D eigenvalue weighted by Crippen LogP contribution is -2.53. The van der Waals surface area contributed by atoms with Gasteiger partial charge in [0.05, 0.1) is 0 Å². The first-order chi connectivity index (χ1) is 8.94. The van der Waals surface area contributed by atoms with Gasteiger partial charge < -0.3 is 21.0 Å². The second kappa shape index (κ2) is 6.75. The molecule has 0 aliphatic carbocycles. The summed E-state index contributed by atoms with van der Waals surface area (Å²) in [6.45, 7) is 7.81. The van der Waals surface area contributed by atoms with Crippen molar-refractivity contribution in [3.63, 3.8) is 0 Å². The Hall–Kier alpha value is -1.30. The number of nitrogens with zero attached hydrogens (tertiary/aromatic N) is 1. The van der Waals surface area contributed by atoms with Gasteiger partial charge >= 0.3 is 0 Å². The molecule has 1 saturated heterocycles. The molecule has 1 aliphatic rings. The van der Waals surface area contributed by atoms with Crippen LogP contribution in [0, 0.1) is 17.3 Å². The first kappa shape index (κ1) is 15.8. The summed E-state index contributed by atoms with van der Waals surface area (Å²) >= 11 is 0. The molecule has 1 fully saturated rings. The minimum absolute atomic E-state index is 0.0227. The number of carbonyl (C=O) groups excluding carboxylic acids is 1. The molecule has 1 atom stereocenters. The molecule has 1 heterocycles. The molecule has 1 unspecified atom stereocenters. The maximum Gasteiger partial charge on any atom is 0.234 e. The molecule has 110 valence electrons. The van der Waals surface area contributed by atoms with Crippen LogP contribution in [0.25, 0.3) is 0 Å². The van der Waals surface area contributed by atoms with E-state index in [4.69, 9.17) is 15.7 Å². The molecule has 1 aliphatic heterocycles. The number of nitrogens with two attached hydrogens (primary N) is 1. The van der Waals surface area contributed by atoms with Crippen LogP contribution >= 0.6 is 0 Å². The molecule has 6 heteroatoms. The Morgan fingerprint density at radius 1 is 1.42 bits per heavy atom. The summed E-state index contributed by atoms with van der Waals surface area (Å²) in [5.41, 5.74) is 4.81. The SMILES string of the molecule is CC(C)C(C)CNC(=O)C1(C(N)=NO)CCOCC1. The van der Waals surface area contributed by atoms with Gasteiger partial charge in [-0.25, -0.2) is 0 Å². The largest absolute Gasteiger partial charge is 0.409 e. The number of nitrogens with one attached hydrogen (secondary N) is 1. The summed E-state index contributed by atoms with van der Waals surface area (Å²) in [5.74, 6) is 0.687. The van der Waals surface area contributed by atoms with Gasteiger partial charge in [-0.05, 0) is 24.7 Å². The third-order valence-electron chi connectivity index (χ3n) is 4.10. The third kappa shape index (κ3) is 3.59. The number of amides is 1. The van der Waals surface area contributed by atoms with Gasteiger partial charge in [0.2, 0.25) is 5.91 Å². The van der Waals surface area contributed by atoms with E-state index in [2.05, 4.69) is 31.2 Å². The smallest absolute Gasteiger partial charge is 0.234 e. The zero-order chi connectivity index (χ0) is 14.5. The molecule has 6 nitrogen and oxygen atoms in total. The van der Waals surface area contributed by atoms with Crippen molar-refractivity contribution in [1.82, 2.24) is 5.32 Å². The Labute approximate surface area is 114 Å². The fourth-order valence-corrected chi connectivity index (χ4v) is 2.07. The van der Waals surface area contributed by atoms with Gasteiger partial charge in [0.15, 0.2) is 5.84 Å². The van der Waals surface area contributed by atoms with Gasteiger partial charge in [-0.2, -0.15) is 0 Å². The van der Waals surface area contributed by atoms with Gasteiger partial charge in [0, 0.05) is 19.8 Å². The molecule has 1 rings (SSSR count). The van der Waals surface area contributed by atoms with E-state index in [1.54, 1.807) is 0 Å². The fourth-order valence-electron chi connectivity index (χ4n) is 2.07. The van der Waals surface area contributed by atoms with Gasteiger partial charge in [-0.1, -0.05) is 25.9 Å². The van der Waals surface area contributed by atoms with Crippen LogP contribution in [0.15, 0.2) is 5.16 Å². The van der Waals surface area contributed by atoms with Crippen LogP contribution < -0.4 is 11.1 Å². The van der Waals surface area contributed by atoms with Gasteiger partial charge in [0.1, 0.15) is 5.41 Å². The molecule has 4 N–H and O–H groups in total. The highest BCUT2D eigenvalue weighted by Gasteiger charge is 2.44. The van der Waals surface area contributed by atoms with E-state index in [9.17, 15) is 4.79 Å². The lowest BCUT2D eigenvalue weighted by molar-refractivity contribution is -0.131. The lowest BCUT2D eigenvalue weighted by Gasteiger charge is -2.34. The highest BCUT2D eigenvalue weighted by Crippen LogP contribution is 2.31. The molecule has 19 heavy (non-hydrogen) atoms. The van der Waals surface area contributed by atoms with E-state index in [0.717, 1.165) is 0 Å². The number of hydrogen-bond donors (Lipinski definition) is 3. The van der Waals surface area contributed by atoms with Crippen molar-refractivity contribution in [3.8, 4) is 0 Å². The van der Waals surface area contributed by atoms with Gasteiger partial charge in [0.25, 0.3) is 0 Å². The molecule has 1 amide bonds. The molecule has 0 saturated carbocycles. The average molecular weight is 271 g/mol. The van der Waals surface area contributed by atoms with Crippen LogP contribution in [0.3, 0.4) is 0 Å². The van der Waals surface area contributed by atoms with Crippen molar-refractivity contribution in [3.05, 3.63) is 0 Å². The number of rotatable bonds is 5. The summed E-state index contributed by atoms with van der Waals surface area (Å²) in [6, 6.07) is 0. The maximum absolute atomic E-state index is 12.4. The minimum atomic E-state index is -0.927. The summed E-state index contributed by atoms with van der Waals surface area (Å²) < 4.78 is 5.26. The van der Waals surface area contributed by atoms with Crippen molar-refractivity contribution < 1.29 is 14.7 Å². The second-order valence-corrected chi connectivity index (χ2v) is 5.61. The molecule has 0 aromatic heterocycles. The standard InChI is InChI=1S/C13H25N3O3/c1-9(2)10(3)8-15-12(17)13(11(14)16-18)4-6-19-7-5-13/h9-10,18H,4-8H2,1-3H3,(H2,14,16)(H,15,17). The van der Waals surface area contributed by atoms with E-state index >= 15 is 0 Å². The highest BCUT2D eigenvalue weighted by atomic mass is 16.5. The van der Waals surface area contributed by atoms with E-state index in [1.807, 2.05) is 0 Å². The average Bonchev–Trinajstić information content (AvgIpc) is 2.43. The Kier molecular flexibility index (Phi) is 5.60. The minimum Gasteiger partial charge on any atom is -0.409 e. The van der Waals surface area contributed by atoms with Crippen LogP contribution in [0.5, 0.6) is 0 Å². The highest BCUT2D eigenvalue weighted by molar-refractivity contribution is 6.06. The van der Waals surface area contributed by atoms with Crippen LogP contribution in [-0.2, 0) is 9.53 Å². The number of hydrogen-bond acceptors (Lipinski definition) is 4. The van der Waals surface area contributed by atoms with Crippen molar-refractivity contribution in [2.75, 3.05) is 19.8 Å². The fraction of sp³-hybridized carbons (Fsp3) is 0.846. The Bertz CT molecular complexity index is 336. The Balaban J connectivity index is 2.73. The van der Waals surface area contributed by atoms with E-state index in [0.29, 0.717) is 44.4 Å². The number of carbonyl (C=O) groups is 1. The summed E-state index contributed by atoms with van der Waals surface area (Å²) in [7, 11) is 0. The first-order valence-electron chi connectivity index (χ1n) is 6.78. The molecule has 0 aromatic rings. The molecular weight excluding hydrogens is 246 g/mol. The quantitative estimate of drug-likeness (QED) is 0.300. The first-order valence-corrected chi connectivity index (χ1v) is 6.78. The normalized spacial score (nSPS) is 21.2. The van der Waals surface area contributed by atoms with Crippen LogP contribution in [0.4, 0.5) is 0 Å². The maximum atomic E-state index is 12.4. The Morgan fingerprint density at radius 3 is 2.47 bits per heavy atom. The van der Waals surface area contributed by atoms with Crippen molar-refractivity contribution in [2.24, 2.45) is 28.1 Å². The third-order valence-corrected chi connectivity index (χ3v) is 4.10. The van der Waals surface area contributed by atoms with Crippen molar-refractivity contribution >= 4 is 11.7 Å². The summed E-state index contributed by atoms with van der Waals surface area (Å²) in [6.07, 6.45) is 0.898. The second-order valence-electron chi connectivity index (χ2n) is 5.61. The van der Waals surface area contributed by atoms with E-state index in [-0.39, 0.29) is 11.7 Å². The van der Waals surface area contributed by atoms with Crippen LogP contribution in [0.2, 0.25) is 0 Å². The predicted molar refractivity (Wildman–Crippen MR) is 72.9 cm³/mol. The molecule has 0 spiro atoms. The topological polar surface area (TPSA) is 96.9 Å². The number of ether oxygens (including phenoxy) is 1. The van der Waals surface area contributed by atoms with Gasteiger partial charge in [-0.15, -0.1) is 0 Å². The van der Waals surface area contributed by atoms with Crippen molar-refractivity contribution in [1.29, 1.82) is 0 Å². The Morgan fingerprint density at radius 2 is 2.00 bits per heavy atom. The summed E-state index contributed by atoms with van der Waals surface area (Å²) in [5, 5.41) is 14.9. The van der Waals surface area contributed by atoms with Gasteiger partial charge in [-0.3, -0.25) is 4.79 Å². The zero-order valence-electron chi connectivity index (χ0n) is 12.0. The molecule has 0 radical (unpaired) electrons. The molecule has 0 bridgehead atoms. The van der Waals surface area contributed by atoms with Crippen molar-refractivity contribution in [2.45, 2.75) is 33.6 Å². The predicted octanol–water partition coefficient (Wildman–Crippen LogP) is 0.938. The molecular formula is C13H25N3O3. The number of oxime groups is 1. The van der Waals surface area contributed by atoms with E-state index < -0.39 is 5.41 Å². The summed E-state index contributed by atoms with van der Waals surface area (Å²) in [4.78, 5) is 12.4. The zero-order valence-corrected chi connectivity index (χ0v) is 12.0. The van der Waals surface area contributed by atoms with Crippen LogP contribution in [0.1, 0.15) is 33.6 Å². The lowest BCUT2D eigenvalue weighted by atomic mass is 9.78. The monoisotopic (exact) mass is 271 g/mol. The molecule has 0 aromatic carbocycles. The van der Waals surface area contributed by atoms with E-state index in [1.165, 1.54) is 0 Å².